The zero-order chi connectivity index (χ0) is 24.9. The van der Waals surface area contributed by atoms with Crippen LogP contribution in [0.5, 0.6) is 17.2 Å². The summed E-state index contributed by atoms with van der Waals surface area (Å²) in [6.07, 6.45) is 0. The maximum atomic E-state index is 13.5. The maximum absolute atomic E-state index is 13.5. The highest BCUT2D eigenvalue weighted by Gasteiger charge is 2.19. The molecule has 4 rings (SSSR count). The molecule has 0 radical (unpaired) electrons. The highest BCUT2D eigenvalue weighted by molar-refractivity contribution is 5.92. The van der Waals surface area contributed by atoms with E-state index in [4.69, 9.17) is 14.2 Å². The summed E-state index contributed by atoms with van der Waals surface area (Å²) < 4.78 is 18.4. The molecule has 0 saturated heterocycles. The molecular formula is C26H25N3O6. The predicted molar refractivity (Wildman–Crippen MR) is 133 cm³/mol. The van der Waals surface area contributed by atoms with Crippen LogP contribution in [0.25, 0.3) is 16.6 Å². The molecule has 0 aliphatic carbocycles. The van der Waals surface area contributed by atoms with Gasteiger partial charge in [0, 0.05) is 11.8 Å². The van der Waals surface area contributed by atoms with Gasteiger partial charge in [-0.2, -0.15) is 0 Å². The molecule has 0 atom stereocenters. The molecule has 180 valence electrons. The summed E-state index contributed by atoms with van der Waals surface area (Å²) in [6.45, 7) is 2.09. The lowest BCUT2D eigenvalue weighted by molar-refractivity contribution is -0.116. The molecule has 1 heterocycles. The van der Waals surface area contributed by atoms with E-state index in [1.807, 2.05) is 6.92 Å². The Morgan fingerprint density at radius 3 is 2.20 bits per heavy atom. The molecule has 1 aromatic heterocycles. The van der Waals surface area contributed by atoms with Crippen LogP contribution in [0.3, 0.4) is 0 Å². The summed E-state index contributed by atoms with van der Waals surface area (Å²) in [5, 5.41) is 2.99. The minimum absolute atomic E-state index is 0.208. The first kappa shape index (κ1) is 23.6. The Balaban J connectivity index is 1.82. The smallest absolute Gasteiger partial charge is 0.336 e. The number of nitrogens with zero attached hydrogens (tertiary/aromatic N) is 2. The van der Waals surface area contributed by atoms with Crippen molar-refractivity contribution in [2.24, 2.45) is 0 Å². The van der Waals surface area contributed by atoms with E-state index in [0.29, 0.717) is 35.2 Å². The number of benzene rings is 3. The normalized spacial score (nSPS) is 10.7. The van der Waals surface area contributed by atoms with E-state index in [2.05, 4.69) is 5.32 Å². The van der Waals surface area contributed by atoms with Crippen LogP contribution in [0.1, 0.15) is 6.92 Å². The summed E-state index contributed by atoms with van der Waals surface area (Å²) in [6, 6.07) is 18.5. The van der Waals surface area contributed by atoms with E-state index in [1.54, 1.807) is 54.6 Å². The van der Waals surface area contributed by atoms with E-state index in [-0.39, 0.29) is 17.4 Å². The second-order valence-electron chi connectivity index (χ2n) is 7.57. The minimum Gasteiger partial charge on any atom is -0.494 e. The van der Waals surface area contributed by atoms with Gasteiger partial charge in [0.15, 0.2) is 11.5 Å². The number of nitrogens with one attached hydrogen (secondary N) is 1. The van der Waals surface area contributed by atoms with Gasteiger partial charge in [-0.1, -0.05) is 18.2 Å². The van der Waals surface area contributed by atoms with Gasteiger partial charge in [0.2, 0.25) is 5.91 Å². The second-order valence-corrected chi connectivity index (χ2v) is 7.57. The highest BCUT2D eigenvalue weighted by atomic mass is 16.5. The zero-order valence-electron chi connectivity index (χ0n) is 19.6. The largest absolute Gasteiger partial charge is 0.494 e. The average Bonchev–Trinajstić information content (AvgIpc) is 2.88. The van der Waals surface area contributed by atoms with Gasteiger partial charge < -0.3 is 19.5 Å². The molecule has 9 nitrogen and oxygen atoms in total. The fourth-order valence-corrected chi connectivity index (χ4v) is 3.80. The third-order valence-corrected chi connectivity index (χ3v) is 5.41. The van der Waals surface area contributed by atoms with E-state index in [0.717, 1.165) is 4.57 Å². The van der Waals surface area contributed by atoms with E-state index < -0.39 is 17.2 Å². The Bertz CT molecular complexity index is 1470. The number of carbonyl (C=O) groups excluding carboxylic acids is 1. The quantitative estimate of drug-likeness (QED) is 0.420. The van der Waals surface area contributed by atoms with Gasteiger partial charge in [0.05, 0.1) is 37.4 Å². The lowest BCUT2D eigenvalue weighted by Crippen LogP contribution is -2.40. The van der Waals surface area contributed by atoms with Gasteiger partial charge in [0.25, 0.3) is 5.56 Å². The monoisotopic (exact) mass is 475 g/mol. The molecule has 3 aromatic carbocycles. The number of fused-ring (bicyclic) bond motifs is 1. The first-order chi connectivity index (χ1) is 17.0. The van der Waals surface area contributed by atoms with Crippen molar-refractivity contribution in [2.45, 2.75) is 13.5 Å². The fraction of sp³-hybridized carbons (Fsp3) is 0.192. The molecule has 9 heteroatoms. The summed E-state index contributed by atoms with van der Waals surface area (Å²) >= 11 is 0. The van der Waals surface area contributed by atoms with Crippen molar-refractivity contribution >= 4 is 22.5 Å². The molecule has 1 N–H and O–H groups in total. The van der Waals surface area contributed by atoms with Gasteiger partial charge >= 0.3 is 5.69 Å². The van der Waals surface area contributed by atoms with Crippen LogP contribution in [0.15, 0.2) is 76.3 Å². The molecular weight excluding hydrogens is 450 g/mol. The number of hydrogen-bond acceptors (Lipinski definition) is 6. The Morgan fingerprint density at radius 2 is 1.57 bits per heavy atom. The Morgan fingerprint density at radius 1 is 0.914 bits per heavy atom. The van der Waals surface area contributed by atoms with Crippen molar-refractivity contribution in [1.29, 1.82) is 0 Å². The summed E-state index contributed by atoms with van der Waals surface area (Å²) in [5.41, 5.74) is 0.0149. The summed E-state index contributed by atoms with van der Waals surface area (Å²) in [4.78, 5) is 39.8. The number of ether oxygens (including phenoxy) is 3. The number of amides is 1. The number of hydrogen-bond donors (Lipinski definition) is 1. The summed E-state index contributed by atoms with van der Waals surface area (Å²) in [5.74, 6) is 0.909. The molecule has 0 aliphatic rings. The molecule has 0 bridgehead atoms. The van der Waals surface area contributed by atoms with Crippen LogP contribution in [0.4, 0.5) is 5.69 Å². The SMILES string of the molecule is CCOc1ccc(NC(=O)Cn2c(=O)n(-c3ccccc3)c(=O)c3cc(OC)c(OC)cc32)cc1. The molecule has 0 fully saturated rings. The topological polar surface area (TPSA) is 101 Å². The lowest BCUT2D eigenvalue weighted by atomic mass is 10.2. The van der Waals surface area contributed by atoms with Gasteiger partial charge in [-0.05, 0) is 49.4 Å². The van der Waals surface area contributed by atoms with Crippen LogP contribution >= 0.6 is 0 Å². The third-order valence-electron chi connectivity index (χ3n) is 5.41. The first-order valence-corrected chi connectivity index (χ1v) is 11.0. The van der Waals surface area contributed by atoms with Crippen molar-refractivity contribution in [3.05, 3.63) is 87.6 Å². The van der Waals surface area contributed by atoms with Crippen LogP contribution < -0.4 is 30.8 Å². The highest BCUT2D eigenvalue weighted by Crippen LogP contribution is 2.30. The molecule has 0 aliphatic heterocycles. The molecule has 0 saturated carbocycles. The Labute approximate surface area is 201 Å². The van der Waals surface area contributed by atoms with Crippen molar-refractivity contribution in [2.75, 3.05) is 26.1 Å². The van der Waals surface area contributed by atoms with E-state index in [1.165, 1.54) is 30.9 Å². The van der Waals surface area contributed by atoms with E-state index in [9.17, 15) is 14.4 Å². The van der Waals surface area contributed by atoms with Gasteiger partial charge in [-0.25, -0.2) is 9.36 Å². The van der Waals surface area contributed by atoms with Gasteiger partial charge in [-0.15, -0.1) is 0 Å². The third kappa shape index (κ3) is 4.74. The number of para-hydroxylation sites is 1. The van der Waals surface area contributed by atoms with Crippen molar-refractivity contribution in [3.8, 4) is 22.9 Å². The molecule has 0 unspecified atom stereocenters. The number of rotatable bonds is 8. The average molecular weight is 476 g/mol. The van der Waals surface area contributed by atoms with Gasteiger partial charge in [0.1, 0.15) is 12.3 Å². The maximum Gasteiger partial charge on any atom is 0.336 e. The molecule has 4 aromatic rings. The van der Waals surface area contributed by atoms with Crippen molar-refractivity contribution in [1.82, 2.24) is 9.13 Å². The number of anilines is 1. The van der Waals surface area contributed by atoms with Gasteiger partial charge in [-0.3, -0.25) is 14.2 Å². The van der Waals surface area contributed by atoms with Crippen LogP contribution in [-0.4, -0.2) is 35.9 Å². The lowest BCUT2D eigenvalue weighted by Gasteiger charge is -2.16. The first-order valence-electron chi connectivity index (χ1n) is 11.0. The van der Waals surface area contributed by atoms with Crippen molar-refractivity contribution in [3.63, 3.8) is 0 Å². The van der Waals surface area contributed by atoms with Crippen LogP contribution in [0, 0.1) is 0 Å². The number of aromatic nitrogens is 2. The Kier molecular flexibility index (Phi) is 6.86. The zero-order valence-corrected chi connectivity index (χ0v) is 19.6. The number of methoxy groups -OCH3 is 2. The molecule has 35 heavy (non-hydrogen) atoms. The Hall–Kier alpha value is -4.53. The molecule has 0 spiro atoms. The fourth-order valence-electron chi connectivity index (χ4n) is 3.80. The van der Waals surface area contributed by atoms with Crippen LogP contribution in [0.2, 0.25) is 0 Å². The minimum atomic E-state index is -0.650. The summed E-state index contributed by atoms with van der Waals surface area (Å²) in [7, 11) is 2.91. The standard InChI is InChI=1S/C26H25N3O6/c1-4-35-19-12-10-17(11-13-19)27-24(30)16-28-21-15-23(34-3)22(33-2)14-20(21)25(31)29(26(28)32)18-8-6-5-7-9-18/h5-15H,4,16H2,1-3H3,(H,27,30). The number of carbonyl (C=O) groups is 1. The van der Waals surface area contributed by atoms with Crippen LogP contribution in [-0.2, 0) is 11.3 Å². The molecule has 1 amide bonds. The van der Waals surface area contributed by atoms with E-state index >= 15 is 0 Å². The second kappa shape index (κ2) is 10.2. The predicted octanol–water partition coefficient (Wildman–Crippen LogP) is 3.21. The van der Waals surface area contributed by atoms with Crippen molar-refractivity contribution < 1.29 is 19.0 Å².